The van der Waals surface area contributed by atoms with Gasteiger partial charge in [0.05, 0.1) is 5.92 Å². The summed E-state index contributed by atoms with van der Waals surface area (Å²) < 4.78 is 0. The number of hydrogen-bond acceptors (Lipinski definition) is 3. The van der Waals surface area contributed by atoms with Crippen molar-refractivity contribution >= 4 is 17.6 Å². The Morgan fingerprint density at radius 2 is 1.95 bits per heavy atom. The largest absolute Gasteiger partial charge is 0.481 e. The van der Waals surface area contributed by atoms with E-state index in [-0.39, 0.29) is 11.8 Å². The molecule has 0 unspecified atom stereocenters. The van der Waals surface area contributed by atoms with Crippen LogP contribution in [0.3, 0.4) is 0 Å². The first-order chi connectivity index (χ1) is 9.97. The van der Waals surface area contributed by atoms with Gasteiger partial charge in [-0.25, -0.2) is 0 Å². The Morgan fingerprint density at radius 3 is 2.52 bits per heavy atom. The average molecular weight is 290 g/mol. The van der Waals surface area contributed by atoms with E-state index < -0.39 is 5.97 Å². The van der Waals surface area contributed by atoms with E-state index in [1.54, 1.807) is 18.2 Å². The minimum absolute atomic E-state index is 0.0986. The lowest BCUT2D eigenvalue weighted by Gasteiger charge is -2.26. The molecule has 0 aliphatic heterocycles. The van der Waals surface area contributed by atoms with E-state index in [0.717, 1.165) is 18.4 Å². The predicted octanol–water partition coefficient (Wildman–Crippen LogP) is 2.20. The molecular formula is C16H22N2O3. The molecule has 4 N–H and O–H groups in total. The summed E-state index contributed by atoms with van der Waals surface area (Å²) in [5.74, 6) is -0.635. The lowest BCUT2D eigenvalue weighted by atomic mass is 9.82. The molecule has 114 valence electrons. The number of carboxylic acid groups (broad SMARTS) is 1. The maximum Gasteiger partial charge on any atom is 0.306 e. The predicted molar refractivity (Wildman–Crippen MR) is 81.0 cm³/mol. The molecule has 0 atom stereocenters. The quantitative estimate of drug-likeness (QED) is 0.741. The van der Waals surface area contributed by atoms with Gasteiger partial charge in [0.1, 0.15) is 0 Å². The molecule has 1 aromatic carbocycles. The van der Waals surface area contributed by atoms with Crippen LogP contribution in [0.1, 0.15) is 41.6 Å². The zero-order chi connectivity index (χ0) is 15.4. The summed E-state index contributed by atoms with van der Waals surface area (Å²) in [6, 6.07) is 5.24. The van der Waals surface area contributed by atoms with Crippen molar-refractivity contribution in [3.63, 3.8) is 0 Å². The Balaban J connectivity index is 1.82. The Morgan fingerprint density at radius 1 is 1.29 bits per heavy atom. The number of nitrogens with one attached hydrogen (secondary N) is 1. The van der Waals surface area contributed by atoms with Crippen molar-refractivity contribution in [3.05, 3.63) is 29.3 Å². The van der Waals surface area contributed by atoms with Gasteiger partial charge >= 0.3 is 5.97 Å². The second-order valence-corrected chi connectivity index (χ2v) is 5.84. The molecule has 0 aromatic heterocycles. The number of nitrogens with two attached hydrogens (primary N) is 1. The molecule has 1 aliphatic rings. The number of rotatable bonds is 4. The van der Waals surface area contributed by atoms with Crippen LogP contribution in [0.5, 0.6) is 0 Å². The van der Waals surface area contributed by atoms with Gasteiger partial charge in [-0.05, 0) is 62.3 Å². The van der Waals surface area contributed by atoms with Crippen LogP contribution in [0.4, 0.5) is 5.69 Å². The van der Waals surface area contributed by atoms with Crippen LogP contribution in [0, 0.1) is 18.8 Å². The molecule has 1 amide bonds. The normalized spacial score (nSPS) is 21.8. The third kappa shape index (κ3) is 3.97. The first-order valence-corrected chi connectivity index (χ1v) is 7.34. The maximum absolute atomic E-state index is 12.1. The summed E-state index contributed by atoms with van der Waals surface area (Å²) in [5, 5.41) is 11.9. The summed E-state index contributed by atoms with van der Waals surface area (Å²) >= 11 is 0. The van der Waals surface area contributed by atoms with Gasteiger partial charge in [-0.1, -0.05) is 0 Å². The van der Waals surface area contributed by atoms with Crippen molar-refractivity contribution in [2.45, 2.75) is 32.6 Å². The first-order valence-electron chi connectivity index (χ1n) is 7.34. The molecule has 2 rings (SSSR count). The minimum Gasteiger partial charge on any atom is -0.481 e. The summed E-state index contributed by atoms with van der Waals surface area (Å²) in [7, 11) is 0. The SMILES string of the molecule is Cc1cc(C(=O)NCC2CCC(C(=O)O)CC2)ccc1N. The van der Waals surface area contributed by atoms with E-state index in [1.807, 2.05) is 6.92 Å². The van der Waals surface area contributed by atoms with Crippen LogP contribution < -0.4 is 11.1 Å². The van der Waals surface area contributed by atoms with E-state index in [0.29, 0.717) is 36.6 Å². The van der Waals surface area contributed by atoms with Crippen LogP contribution in [0.2, 0.25) is 0 Å². The highest BCUT2D eigenvalue weighted by atomic mass is 16.4. The average Bonchev–Trinajstić information content (AvgIpc) is 2.48. The van der Waals surface area contributed by atoms with Gasteiger partial charge in [-0.3, -0.25) is 9.59 Å². The zero-order valence-corrected chi connectivity index (χ0v) is 12.3. The fourth-order valence-electron chi connectivity index (χ4n) is 2.77. The van der Waals surface area contributed by atoms with E-state index in [2.05, 4.69) is 5.32 Å². The first kappa shape index (κ1) is 15.4. The second-order valence-electron chi connectivity index (χ2n) is 5.84. The van der Waals surface area contributed by atoms with Crippen LogP contribution in [0.25, 0.3) is 0 Å². The molecule has 21 heavy (non-hydrogen) atoms. The van der Waals surface area contributed by atoms with Crippen LogP contribution in [0.15, 0.2) is 18.2 Å². The number of amides is 1. The monoisotopic (exact) mass is 290 g/mol. The highest BCUT2D eigenvalue weighted by Gasteiger charge is 2.26. The van der Waals surface area contributed by atoms with Crippen molar-refractivity contribution in [1.82, 2.24) is 5.32 Å². The Labute approximate surface area is 124 Å². The zero-order valence-electron chi connectivity index (χ0n) is 12.3. The van der Waals surface area contributed by atoms with Gasteiger partial charge < -0.3 is 16.2 Å². The van der Waals surface area contributed by atoms with Crippen molar-refractivity contribution in [1.29, 1.82) is 0 Å². The van der Waals surface area contributed by atoms with Gasteiger partial charge in [0, 0.05) is 17.8 Å². The molecule has 0 radical (unpaired) electrons. The Hall–Kier alpha value is -2.04. The number of aliphatic carboxylic acids is 1. The van der Waals surface area contributed by atoms with Crippen molar-refractivity contribution < 1.29 is 14.7 Å². The molecule has 5 heteroatoms. The van der Waals surface area contributed by atoms with Gasteiger partial charge in [-0.15, -0.1) is 0 Å². The molecule has 1 saturated carbocycles. The molecular weight excluding hydrogens is 268 g/mol. The van der Waals surface area contributed by atoms with Gasteiger partial charge in [-0.2, -0.15) is 0 Å². The van der Waals surface area contributed by atoms with Crippen LogP contribution >= 0.6 is 0 Å². The molecule has 1 aromatic rings. The number of carbonyl (C=O) groups excluding carboxylic acids is 1. The standard InChI is InChI=1S/C16H22N2O3/c1-10-8-13(6-7-14(10)17)15(19)18-9-11-2-4-12(5-3-11)16(20)21/h6-8,11-12H,2-5,9,17H2,1H3,(H,18,19)(H,20,21). The summed E-state index contributed by atoms with van der Waals surface area (Å²) in [5.41, 5.74) is 7.92. The van der Waals surface area contributed by atoms with Gasteiger partial charge in [0.2, 0.25) is 0 Å². The fraction of sp³-hybridized carbons (Fsp3) is 0.500. The van der Waals surface area contributed by atoms with E-state index >= 15 is 0 Å². The fourth-order valence-corrected chi connectivity index (χ4v) is 2.77. The van der Waals surface area contributed by atoms with Crippen molar-refractivity contribution in [3.8, 4) is 0 Å². The number of carboxylic acids is 1. The highest BCUT2D eigenvalue weighted by Crippen LogP contribution is 2.28. The van der Waals surface area contributed by atoms with Gasteiger partial charge in [0.25, 0.3) is 5.91 Å². The van der Waals surface area contributed by atoms with Crippen molar-refractivity contribution in [2.24, 2.45) is 11.8 Å². The van der Waals surface area contributed by atoms with E-state index in [1.165, 1.54) is 0 Å². The summed E-state index contributed by atoms with van der Waals surface area (Å²) in [6.07, 6.45) is 3.13. The number of hydrogen-bond donors (Lipinski definition) is 3. The summed E-state index contributed by atoms with van der Waals surface area (Å²) in [6.45, 7) is 2.48. The van der Waals surface area contributed by atoms with Crippen LogP contribution in [-0.4, -0.2) is 23.5 Å². The smallest absolute Gasteiger partial charge is 0.306 e. The molecule has 1 fully saturated rings. The Bertz CT molecular complexity index is 534. The third-order valence-electron chi connectivity index (χ3n) is 4.28. The molecule has 0 saturated heterocycles. The molecule has 5 nitrogen and oxygen atoms in total. The highest BCUT2D eigenvalue weighted by molar-refractivity contribution is 5.94. The number of anilines is 1. The number of benzene rings is 1. The third-order valence-corrected chi connectivity index (χ3v) is 4.28. The maximum atomic E-state index is 12.1. The number of carbonyl (C=O) groups is 2. The number of nitrogen functional groups attached to an aromatic ring is 1. The molecule has 0 heterocycles. The lowest BCUT2D eigenvalue weighted by molar-refractivity contribution is -0.143. The van der Waals surface area contributed by atoms with Crippen molar-refractivity contribution in [2.75, 3.05) is 12.3 Å². The minimum atomic E-state index is -0.699. The number of aryl methyl sites for hydroxylation is 1. The van der Waals surface area contributed by atoms with Gasteiger partial charge in [0.15, 0.2) is 0 Å². The van der Waals surface area contributed by atoms with E-state index in [9.17, 15) is 9.59 Å². The molecule has 0 spiro atoms. The molecule has 1 aliphatic carbocycles. The van der Waals surface area contributed by atoms with Crippen LogP contribution in [-0.2, 0) is 4.79 Å². The second kappa shape index (κ2) is 6.61. The lowest BCUT2D eigenvalue weighted by Crippen LogP contribution is -2.32. The topological polar surface area (TPSA) is 92.4 Å². The molecule has 0 bridgehead atoms. The van der Waals surface area contributed by atoms with E-state index in [4.69, 9.17) is 10.8 Å². The Kier molecular flexibility index (Phi) is 4.83. The summed E-state index contributed by atoms with van der Waals surface area (Å²) in [4.78, 5) is 23.0.